The minimum absolute atomic E-state index is 0.0598. The number of rotatable bonds is 2. The molecule has 0 N–H and O–H groups in total. The lowest BCUT2D eigenvalue weighted by Crippen LogP contribution is -2.38. The van der Waals surface area contributed by atoms with Crippen molar-refractivity contribution in [3.63, 3.8) is 0 Å². The number of aromatic nitrogens is 2. The first-order valence-corrected chi connectivity index (χ1v) is 5.06. The summed E-state index contributed by atoms with van der Waals surface area (Å²) in [4.78, 5) is 13.6. The first-order valence-electron chi connectivity index (χ1n) is 5.06. The molecule has 0 amide bonds. The average molecular weight is 209 g/mol. The molecule has 5 nitrogen and oxygen atoms in total. The second-order valence-electron chi connectivity index (χ2n) is 3.66. The van der Waals surface area contributed by atoms with Gasteiger partial charge in [-0.1, -0.05) is 0 Å². The van der Waals surface area contributed by atoms with Crippen LogP contribution in [0.25, 0.3) is 0 Å². The quantitative estimate of drug-likeness (QED) is 0.664. The van der Waals surface area contributed by atoms with Gasteiger partial charge in [-0.05, 0) is 6.92 Å². The highest BCUT2D eigenvalue weighted by atomic mass is 16.5. The molecular weight excluding hydrogens is 194 g/mol. The summed E-state index contributed by atoms with van der Waals surface area (Å²) in [6.45, 7) is 4.63. The third-order valence-electron chi connectivity index (χ3n) is 2.60. The Balaban J connectivity index is 2.32. The summed E-state index contributed by atoms with van der Waals surface area (Å²) in [5.41, 5.74) is 0.694. The predicted molar refractivity (Wildman–Crippen MR) is 56.2 cm³/mol. The highest BCUT2D eigenvalue weighted by Gasteiger charge is 2.20. The van der Waals surface area contributed by atoms with Crippen LogP contribution in [0.4, 0.5) is 5.82 Å². The van der Waals surface area contributed by atoms with Gasteiger partial charge in [-0.25, -0.2) is 0 Å². The van der Waals surface area contributed by atoms with Crippen molar-refractivity contribution in [1.29, 1.82) is 0 Å². The van der Waals surface area contributed by atoms with E-state index in [1.54, 1.807) is 17.8 Å². The van der Waals surface area contributed by atoms with E-state index in [1.165, 1.54) is 0 Å². The predicted octanol–water partition coefficient (Wildman–Crippen LogP) is 0.459. The van der Waals surface area contributed by atoms with Gasteiger partial charge < -0.3 is 9.64 Å². The van der Waals surface area contributed by atoms with Crippen molar-refractivity contribution >= 4 is 11.6 Å². The largest absolute Gasteiger partial charge is 0.378 e. The Morgan fingerprint density at radius 3 is 2.73 bits per heavy atom. The van der Waals surface area contributed by atoms with Crippen molar-refractivity contribution in [1.82, 2.24) is 9.78 Å². The van der Waals surface area contributed by atoms with Crippen molar-refractivity contribution in [2.75, 3.05) is 31.2 Å². The average Bonchev–Trinajstić information content (AvgIpc) is 2.61. The normalized spacial score (nSPS) is 16.8. The first kappa shape index (κ1) is 10.2. The van der Waals surface area contributed by atoms with Crippen LogP contribution in [0.15, 0.2) is 6.20 Å². The summed E-state index contributed by atoms with van der Waals surface area (Å²) in [6, 6.07) is 0. The number of nitrogens with zero attached hydrogens (tertiary/aromatic N) is 3. The first-order chi connectivity index (χ1) is 7.20. The topological polar surface area (TPSA) is 47.4 Å². The fraction of sp³-hybridized carbons (Fsp3) is 0.600. The zero-order valence-electron chi connectivity index (χ0n) is 9.06. The van der Waals surface area contributed by atoms with Gasteiger partial charge in [0, 0.05) is 20.1 Å². The monoisotopic (exact) mass is 209 g/mol. The molecule has 0 aliphatic carbocycles. The lowest BCUT2D eigenvalue weighted by Gasteiger charge is -2.29. The number of anilines is 1. The van der Waals surface area contributed by atoms with Crippen LogP contribution >= 0.6 is 0 Å². The molecule has 0 spiro atoms. The molecule has 0 saturated carbocycles. The molecule has 1 aliphatic rings. The zero-order chi connectivity index (χ0) is 10.8. The van der Waals surface area contributed by atoms with Crippen molar-refractivity contribution in [2.24, 2.45) is 7.05 Å². The fourth-order valence-electron chi connectivity index (χ4n) is 1.83. The van der Waals surface area contributed by atoms with E-state index in [9.17, 15) is 4.79 Å². The number of carbonyl (C=O) groups is 1. The van der Waals surface area contributed by atoms with Crippen molar-refractivity contribution in [3.8, 4) is 0 Å². The minimum Gasteiger partial charge on any atom is -0.378 e. The minimum atomic E-state index is 0.0598. The van der Waals surface area contributed by atoms with E-state index in [0.717, 1.165) is 18.9 Å². The molecule has 1 aliphatic heterocycles. The van der Waals surface area contributed by atoms with Gasteiger partial charge in [0.05, 0.1) is 25.0 Å². The van der Waals surface area contributed by atoms with Crippen LogP contribution in [0, 0.1) is 0 Å². The van der Waals surface area contributed by atoms with Crippen LogP contribution in [0.5, 0.6) is 0 Å². The van der Waals surface area contributed by atoms with E-state index in [-0.39, 0.29) is 5.78 Å². The van der Waals surface area contributed by atoms with Crippen molar-refractivity contribution in [2.45, 2.75) is 6.92 Å². The Morgan fingerprint density at radius 1 is 1.47 bits per heavy atom. The van der Waals surface area contributed by atoms with Crippen LogP contribution in [0.1, 0.15) is 17.3 Å². The Morgan fingerprint density at radius 2 is 2.13 bits per heavy atom. The van der Waals surface area contributed by atoms with Crippen molar-refractivity contribution < 1.29 is 9.53 Å². The van der Waals surface area contributed by atoms with E-state index in [2.05, 4.69) is 10.00 Å². The highest BCUT2D eigenvalue weighted by Crippen LogP contribution is 2.20. The number of aryl methyl sites for hydroxylation is 1. The van der Waals surface area contributed by atoms with Crippen LogP contribution in [0.2, 0.25) is 0 Å². The molecule has 0 bridgehead atoms. The molecule has 1 aromatic rings. The second-order valence-corrected chi connectivity index (χ2v) is 3.66. The van der Waals surface area contributed by atoms with Crippen LogP contribution < -0.4 is 4.90 Å². The molecule has 5 heteroatoms. The molecule has 1 fully saturated rings. The van der Waals surface area contributed by atoms with Gasteiger partial charge in [0.2, 0.25) is 0 Å². The maximum Gasteiger partial charge on any atom is 0.165 e. The van der Waals surface area contributed by atoms with Gasteiger partial charge in [-0.15, -0.1) is 0 Å². The van der Waals surface area contributed by atoms with Gasteiger partial charge >= 0.3 is 0 Å². The number of ether oxygens (including phenoxy) is 1. The molecule has 0 atom stereocenters. The lowest BCUT2D eigenvalue weighted by atomic mass is 10.2. The smallest absolute Gasteiger partial charge is 0.165 e. The summed E-state index contributed by atoms with van der Waals surface area (Å²) in [5.74, 6) is 0.968. The lowest BCUT2D eigenvalue weighted by molar-refractivity contribution is 0.101. The Labute approximate surface area is 88.6 Å². The van der Waals surface area contributed by atoms with E-state index in [4.69, 9.17) is 4.74 Å². The fourth-order valence-corrected chi connectivity index (χ4v) is 1.83. The summed E-state index contributed by atoms with van der Waals surface area (Å²) in [5, 5.41) is 4.13. The third kappa shape index (κ3) is 1.87. The van der Waals surface area contributed by atoms with Crippen molar-refractivity contribution in [3.05, 3.63) is 11.8 Å². The maximum absolute atomic E-state index is 11.4. The molecule has 1 aromatic heterocycles. The molecule has 0 radical (unpaired) electrons. The standard InChI is InChI=1S/C10H15N3O2/c1-8(14)9-7-11-12(2)10(9)13-3-5-15-6-4-13/h7H,3-6H2,1-2H3. The zero-order valence-corrected chi connectivity index (χ0v) is 9.06. The summed E-state index contributed by atoms with van der Waals surface area (Å²) < 4.78 is 7.03. The molecule has 82 valence electrons. The molecule has 2 rings (SSSR count). The van der Waals surface area contributed by atoms with Gasteiger partial charge in [0.1, 0.15) is 5.82 Å². The molecule has 0 aromatic carbocycles. The Hall–Kier alpha value is -1.36. The van der Waals surface area contributed by atoms with Crippen LogP contribution in [-0.4, -0.2) is 41.9 Å². The molecule has 0 unspecified atom stereocenters. The van der Waals surface area contributed by atoms with E-state index in [1.807, 2.05) is 7.05 Å². The number of morpholine rings is 1. The van der Waals surface area contributed by atoms with E-state index >= 15 is 0 Å². The van der Waals surface area contributed by atoms with E-state index in [0.29, 0.717) is 18.8 Å². The highest BCUT2D eigenvalue weighted by molar-refractivity contribution is 5.98. The van der Waals surface area contributed by atoms with Gasteiger partial charge in [0.15, 0.2) is 5.78 Å². The van der Waals surface area contributed by atoms with Crippen LogP contribution in [-0.2, 0) is 11.8 Å². The van der Waals surface area contributed by atoms with Gasteiger partial charge in [-0.3, -0.25) is 9.48 Å². The maximum atomic E-state index is 11.4. The molecule has 1 saturated heterocycles. The Kier molecular flexibility index (Phi) is 2.73. The number of Topliss-reactive ketones (excluding diaryl/α,β-unsaturated/α-hetero) is 1. The summed E-state index contributed by atoms with van der Waals surface area (Å²) in [6.07, 6.45) is 1.63. The molecule has 15 heavy (non-hydrogen) atoms. The second kappa shape index (κ2) is 4.02. The summed E-state index contributed by atoms with van der Waals surface area (Å²) in [7, 11) is 1.86. The number of ketones is 1. The number of hydrogen-bond donors (Lipinski definition) is 0. The third-order valence-corrected chi connectivity index (χ3v) is 2.60. The van der Waals surface area contributed by atoms with Gasteiger partial charge in [0.25, 0.3) is 0 Å². The van der Waals surface area contributed by atoms with E-state index < -0.39 is 0 Å². The van der Waals surface area contributed by atoms with Gasteiger partial charge in [-0.2, -0.15) is 5.10 Å². The number of carbonyl (C=O) groups excluding carboxylic acids is 1. The molecule has 2 heterocycles. The van der Waals surface area contributed by atoms with Crippen LogP contribution in [0.3, 0.4) is 0 Å². The summed E-state index contributed by atoms with van der Waals surface area (Å²) >= 11 is 0. The Bertz CT molecular complexity index is 367. The number of hydrogen-bond acceptors (Lipinski definition) is 4. The molecular formula is C10H15N3O2. The SMILES string of the molecule is CC(=O)c1cnn(C)c1N1CCOCC1.